The molecule has 0 bridgehead atoms. The number of methoxy groups -OCH3 is 2. The summed E-state index contributed by atoms with van der Waals surface area (Å²) in [6.45, 7) is 3.98. The molecule has 1 heterocycles. The number of ether oxygens (including phenoxy) is 2. The SMILES string of the molecule is COc1cccc(C(CN)N2CCCCC2C)c1OC. The van der Waals surface area contributed by atoms with Crippen LogP contribution in [0.3, 0.4) is 0 Å². The van der Waals surface area contributed by atoms with Crippen molar-refractivity contribution in [2.24, 2.45) is 5.73 Å². The van der Waals surface area contributed by atoms with E-state index in [9.17, 15) is 0 Å². The molecule has 1 aliphatic rings. The lowest BCUT2D eigenvalue weighted by Crippen LogP contribution is -2.43. The Labute approximate surface area is 121 Å². The van der Waals surface area contributed by atoms with Gasteiger partial charge in [-0.25, -0.2) is 0 Å². The highest BCUT2D eigenvalue weighted by atomic mass is 16.5. The van der Waals surface area contributed by atoms with E-state index in [1.807, 2.05) is 12.1 Å². The zero-order valence-electron chi connectivity index (χ0n) is 12.8. The van der Waals surface area contributed by atoms with Crippen molar-refractivity contribution in [2.75, 3.05) is 27.3 Å². The van der Waals surface area contributed by atoms with Gasteiger partial charge in [-0.05, 0) is 32.4 Å². The van der Waals surface area contributed by atoms with Gasteiger partial charge < -0.3 is 15.2 Å². The van der Waals surface area contributed by atoms with Gasteiger partial charge in [-0.2, -0.15) is 0 Å². The minimum absolute atomic E-state index is 0.190. The van der Waals surface area contributed by atoms with Crippen molar-refractivity contribution < 1.29 is 9.47 Å². The summed E-state index contributed by atoms with van der Waals surface area (Å²) in [7, 11) is 3.36. The molecule has 1 aromatic carbocycles. The molecule has 20 heavy (non-hydrogen) atoms. The van der Waals surface area contributed by atoms with Crippen LogP contribution in [-0.4, -0.2) is 38.3 Å². The van der Waals surface area contributed by atoms with Gasteiger partial charge in [0.2, 0.25) is 0 Å². The van der Waals surface area contributed by atoms with E-state index in [0.29, 0.717) is 12.6 Å². The second kappa shape index (κ2) is 6.95. The highest BCUT2D eigenvalue weighted by Gasteiger charge is 2.29. The highest BCUT2D eigenvalue weighted by molar-refractivity contribution is 5.48. The molecular formula is C16H26N2O2. The van der Waals surface area contributed by atoms with Gasteiger partial charge in [0.25, 0.3) is 0 Å². The van der Waals surface area contributed by atoms with Crippen molar-refractivity contribution in [1.82, 2.24) is 4.90 Å². The lowest BCUT2D eigenvalue weighted by molar-refractivity contribution is 0.107. The maximum absolute atomic E-state index is 6.07. The molecule has 2 rings (SSSR count). The summed E-state index contributed by atoms with van der Waals surface area (Å²) in [6, 6.07) is 6.78. The molecule has 0 aromatic heterocycles. The Morgan fingerprint density at radius 2 is 2.10 bits per heavy atom. The number of piperidine rings is 1. The molecule has 4 nitrogen and oxygen atoms in total. The molecule has 1 aromatic rings. The Balaban J connectivity index is 2.35. The first-order valence-corrected chi connectivity index (χ1v) is 7.39. The largest absolute Gasteiger partial charge is 0.493 e. The second-order valence-corrected chi connectivity index (χ2v) is 5.42. The molecule has 0 spiro atoms. The Kier molecular flexibility index (Phi) is 5.26. The number of nitrogens with zero attached hydrogens (tertiary/aromatic N) is 1. The third-order valence-corrected chi connectivity index (χ3v) is 4.27. The second-order valence-electron chi connectivity index (χ2n) is 5.42. The molecule has 1 saturated heterocycles. The summed E-state index contributed by atoms with van der Waals surface area (Å²) >= 11 is 0. The van der Waals surface area contributed by atoms with Gasteiger partial charge >= 0.3 is 0 Å². The van der Waals surface area contributed by atoms with Gasteiger partial charge in [0, 0.05) is 18.2 Å². The fourth-order valence-electron chi connectivity index (χ4n) is 3.20. The van der Waals surface area contributed by atoms with Gasteiger partial charge in [0.05, 0.1) is 20.3 Å². The van der Waals surface area contributed by atoms with Gasteiger partial charge in [0.1, 0.15) is 0 Å². The van der Waals surface area contributed by atoms with E-state index in [-0.39, 0.29) is 6.04 Å². The van der Waals surface area contributed by atoms with E-state index < -0.39 is 0 Å². The summed E-state index contributed by atoms with van der Waals surface area (Å²) in [6.07, 6.45) is 3.79. The molecule has 2 atom stereocenters. The van der Waals surface area contributed by atoms with Gasteiger partial charge in [-0.3, -0.25) is 4.90 Å². The molecule has 0 aliphatic carbocycles. The van der Waals surface area contributed by atoms with E-state index in [1.165, 1.54) is 19.3 Å². The first-order chi connectivity index (χ1) is 9.72. The zero-order chi connectivity index (χ0) is 14.5. The van der Waals surface area contributed by atoms with Crippen LogP contribution in [0.1, 0.15) is 37.8 Å². The summed E-state index contributed by atoms with van der Waals surface area (Å²) in [5.41, 5.74) is 7.20. The standard InChI is InChI=1S/C16H26N2O2/c1-12-7-4-5-10-18(12)14(11-17)13-8-6-9-15(19-2)16(13)20-3/h6,8-9,12,14H,4-5,7,10-11,17H2,1-3H3. The lowest BCUT2D eigenvalue weighted by Gasteiger charge is -2.39. The number of rotatable bonds is 5. The summed E-state index contributed by atoms with van der Waals surface area (Å²) in [5.74, 6) is 1.58. The van der Waals surface area contributed by atoms with E-state index in [0.717, 1.165) is 23.6 Å². The average Bonchev–Trinajstić information content (AvgIpc) is 2.49. The van der Waals surface area contributed by atoms with Crippen molar-refractivity contribution in [3.63, 3.8) is 0 Å². The average molecular weight is 278 g/mol. The number of benzene rings is 1. The Morgan fingerprint density at radius 1 is 1.30 bits per heavy atom. The first kappa shape index (κ1) is 15.1. The minimum atomic E-state index is 0.190. The molecule has 4 heteroatoms. The van der Waals surface area contributed by atoms with Crippen LogP contribution in [0.15, 0.2) is 18.2 Å². The molecule has 2 N–H and O–H groups in total. The predicted octanol–water partition coefficient (Wildman–Crippen LogP) is 2.58. The zero-order valence-corrected chi connectivity index (χ0v) is 12.8. The monoisotopic (exact) mass is 278 g/mol. The van der Waals surface area contributed by atoms with Crippen molar-refractivity contribution in [2.45, 2.75) is 38.3 Å². The van der Waals surface area contributed by atoms with Crippen molar-refractivity contribution in [3.8, 4) is 11.5 Å². The van der Waals surface area contributed by atoms with E-state index in [1.54, 1.807) is 14.2 Å². The van der Waals surface area contributed by atoms with Crippen LogP contribution in [0.5, 0.6) is 11.5 Å². The Bertz CT molecular complexity index is 436. The van der Waals surface area contributed by atoms with Crippen LogP contribution in [0.25, 0.3) is 0 Å². The Morgan fingerprint density at radius 3 is 2.70 bits per heavy atom. The quantitative estimate of drug-likeness (QED) is 0.899. The minimum Gasteiger partial charge on any atom is -0.493 e. The number of hydrogen-bond acceptors (Lipinski definition) is 4. The van der Waals surface area contributed by atoms with E-state index >= 15 is 0 Å². The van der Waals surface area contributed by atoms with Crippen LogP contribution >= 0.6 is 0 Å². The maximum Gasteiger partial charge on any atom is 0.165 e. The number of hydrogen-bond donors (Lipinski definition) is 1. The maximum atomic E-state index is 6.07. The normalized spacial score (nSPS) is 21.5. The van der Waals surface area contributed by atoms with Crippen molar-refractivity contribution in [1.29, 1.82) is 0 Å². The fourth-order valence-corrected chi connectivity index (χ4v) is 3.20. The molecule has 1 aliphatic heterocycles. The smallest absolute Gasteiger partial charge is 0.165 e. The van der Waals surface area contributed by atoms with Crippen LogP contribution < -0.4 is 15.2 Å². The van der Waals surface area contributed by atoms with Gasteiger partial charge in [-0.1, -0.05) is 18.6 Å². The van der Waals surface area contributed by atoms with Crippen molar-refractivity contribution >= 4 is 0 Å². The number of nitrogens with two attached hydrogens (primary N) is 1. The predicted molar refractivity (Wildman–Crippen MR) is 81.4 cm³/mol. The Hall–Kier alpha value is -1.26. The van der Waals surface area contributed by atoms with Crippen molar-refractivity contribution in [3.05, 3.63) is 23.8 Å². The topological polar surface area (TPSA) is 47.7 Å². The molecule has 0 saturated carbocycles. The van der Waals surface area contributed by atoms with Crippen LogP contribution in [0.2, 0.25) is 0 Å². The fraction of sp³-hybridized carbons (Fsp3) is 0.625. The molecule has 0 radical (unpaired) electrons. The van der Waals surface area contributed by atoms with Crippen LogP contribution in [0, 0.1) is 0 Å². The van der Waals surface area contributed by atoms with Crippen LogP contribution in [0.4, 0.5) is 0 Å². The number of para-hydroxylation sites is 1. The molecule has 0 amide bonds. The third-order valence-electron chi connectivity index (χ3n) is 4.27. The van der Waals surface area contributed by atoms with Gasteiger partial charge in [0.15, 0.2) is 11.5 Å². The van der Waals surface area contributed by atoms with E-state index in [2.05, 4.69) is 17.9 Å². The number of likely N-dealkylation sites (tertiary alicyclic amines) is 1. The van der Waals surface area contributed by atoms with Crippen LogP contribution in [-0.2, 0) is 0 Å². The summed E-state index contributed by atoms with van der Waals surface area (Å²) in [4.78, 5) is 2.50. The van der Waals surface area contributed by atoms with E-state index in [4.69, 9.17) is 15.2 Å². The summed E-state index contributed by atoms with van der Waals surface area (Å²) < 4.78 is 11.0. The molecule has 2 unspecified atom stereocenters. The third kappa shape index (κ3) is 2.91. The molecular weight excluding hydrogens is 252 g/mol. The van der Waals surface area contributed by atoms with Gasteiger partial charge in [-0.15, -0.1) is 0 Å². The molecule has 1 fully saturated rings. The highest BCUT2D eigenvalue weighted by Crippen LogP contribution is 2.38. The lowest BCUT2D eigenvalue weighted by atomic mass is 9.96. The first-order valence-electron chi connectivity index (χ1n) is 7.39. The molecule has 112 valence electrons. The summed E-state index contributed by atoms with van der Waals surface area (Å²) in [5, 5.41) is 0.